The van der Waals surface area contributed by atoms with Crippen LogP contribution in [0.5, 0.6) is 0 Å². The van der Waals surface area contributed by atoms with Gasteiger partial charge in [-0.05, 0) is 0 Å². The van der Waals surface area contributed by atoms with Crippen molar-refractivity contribution in [1.82, 2.24) is 10.6 Å². The third-order valence-electron chi connectivity index (χ3n) is 22.1. The average molecular weight is 1880 g/mol. The van der Waals surface area contributed by atoms with Crippen molar-refractivity contribution in [2.45, 2.75) is 321 Å². The highest BCUT2D eigenvalue weighted by Crippen LogP contribution is 2.43. The van der Waals surface area contributed by atoms with Gasteiger partial charge in [0.2, 0.25) is 11.8 Å². The van der Waals surface area contributed by atoms with Crippen LogP contribution in [0.15, 0.2) is 0 Å². The normalized spacial score (nSPS) is 49.2. The molecule has 0 saturated carbocycles. The average Bonchev–Trinajstić information content (AvgIpc) is 0.770. The lowest BCUT2D eigenvalue weighted by atomic mass is 9.94. The maximum atomic E-state index is 13.1. The number of aliphatic hydroxyl groups excluding tert-OH is 28. The molecule has 0 spiro atoms. The number of hydrogen-bond acceptors (Lipinski definition) is 53. The van der Waals surface area contributed by atoms with E-state index < -0.39 is 400 Å². The number of carbonyl (C=O) groups is 2. The lowest BCUT2D eigenvalue weighted by Crippen LogP contribution is -2.70. The molecule has 50 atom stereocenters. The van der Waals surface area contributed by atoms with Crippen LogP contribution in [0.1, 0.15) is 13.8 Å². The summed E-state index contributed by atoms with van der Waals surface area (Å²) in [4.78, 5) is 63.6. The molecule has 0 aromatic heterocycles. The maximum Gasteiger partial charge on any atom is 0.469 e. The predicted octanol–water partition coefficient (Wildman–Crippen LogP) is -22.3. The van der Waals surface area contributed by atoms with Gasteiger partial charge in [-0.3, -0.25) is 18.6 Å². The Labute approximate surface area is 703 Å². The van der Waals surface area contributed by atoms with Gasteiger partial charge in [0.15, 0.2) is 62.9 Å². The summed E-state index contributed by atoms with van der Waals surface area (Å²) in [6.45, 7) is -10.3. The van der Waals surface area contributed by atoms with E-state index in [1.165, 1.54) is 0 Å². The molecule has 2 amide bonds. The zero-order chi connectivity index (χ0) is 92.4. The first-order chi connectivity index (χ1) is 58.7. The molecule has 61 heteroatoms. The van der Waals surface area contributed by atoms with Crippen LogP contribution in [0, 0.1) is 0 Å². The lowest BCUT2D eigenvalue weighted by molar-refractivity contribution is -0.408. The Kier molecular flexibility index (Phi) is 37.3. The monoisotopic (exact) mass is 1880 g/mol. The summed E-state index contributed by atoms with van der Waals surface area (Å²) in [5.41, 5.74) is 0. The zero-order valence-corrected chi connectivity index (χ0v) is 67.1. The van der Waals surface area contributed by atoms with Crippen LogP contribution in [0.2, 0.25) is 0 Å². The van der Waals surface area contributed by atoms with Gasteiger partial charge >= 0.3 is 15.6 Å². The van der Waals surface area contributed by atoms with Crippen LogP contribution in [0.4, 0.5) is 0 Å². The summed E-state index contributed by atoms with van der Waals surface area (Å²) < 4.78 is 144. The Morgan fingerprint density at radius 3 is 0.912 bits per heavy atom. The molecule has 0 aromatic rings. The van der Waals surface area contributed by atoms with Gasteiger partial charge in [-0.1, -0.05) is 0 Å². The number of phosphoric ester groups is 2. The summed E-state index contributed by atoms with van der Waals surface area (Å²) >= 11 is 0. The number of nitrogens with one attached hydrogen (secondary N) is 2. The van der Waals surface area contributed by atoms with Crippen molar-refractivity contribution >= 4 is 27.5 Å². The molecule has 10 saturated heterocycles. The number of hydrogen-bond donors (Lipinski definition) is 34. The molecule has 34 N–H and O–H groups in total. The van der Waals surface area contributed by atoms with Gasteiger partial charge in [0, 0.05) is 13.8 Å². The number of aliphatic hydroxyl groups is 28. The molecule has 10 heterocycles. The number of amides is 2. The maximum absolute atomic E-state index is 13.1. The van der Waals surface area contributed by atoms with Crippen LogP contribution < -0.4 is 10.6 Å². The molecule has 125 heavy (non-hydrogen) atoms. The van der Waals surface area contributed by atoms with E-state index in [0.29, 0.717) is 0 Å². The highest BCUT2D eigenvalue weighted by atomic mass is 31.2. The second kappa shape index (κ2) is 44.6. The Hall–Kier alpha value is -2.72. The summed E-state index contributed by atoms with van der Waals surface area (Å²) in [5.74, 6) is -1.85. The van der Waals surface area contributed by atoms with Gasteiger partial charge in [0.05, 0.1) is 66.1 Å². The number of carbonyl (C=O) groups excluding carboxylic acids is 2. The van der Waals surface area contributed by atoms with Crippen molar-refractivity contribution < 1.29 is 280 Å². The quantitative estimate of drug-likeness (QED) is 0.0266. The van der Waals surface area contributed by atoms with E-state index in [9.17, 15) is 181 Å². The molecular weight excluding hydrogens is 1770 g/mol. The van der Waals surface area contributed by atoms with Crippen LogP contribution in [-0.4, -0.2) is 547 Å². The van der Waals surface area contributed by atoms with Crippen molar-refractivity contribution in [2.75, 3.05) is 66.1 Å². The van der Waals surface area contributed by atoms with E-state index in [4.69, 9.17) is 90.0 Å². The minimum Gasteiger partial charge on any atom is -0.394 e. The van der Waals surface area contributed by atoms with Gasteiger partial charge in [-0.15, -0.1) is 0 Å². The van der Waals surface area contributed by atoms with Crippen molar-refractivity contribution in [2.24, 2.45) is 0 Å². The van der Waals surface area contributed by atoms with Gasteiger partial charge < -0.3 is 263 Å². The predicted molar refractivity (Wildman–Crippen MR) is 375 cm³/mol. The highest BCUT2D eigenvalue weighted by molar-refractivity contribution is 7.46. The van der Waals surface area contributed by atoms with Crippen molar-refractivity contribution in [3.05, 3.63) is 0 Å². The highest BCUT2D eigenvalue weighted by Gasteiger charge is 2.62. The molecule has 10 aliphatic heterocycles. The summed E-state index contributed by atoms with van der Waals surface area (Å²) in [6.07, 6.45) is -109. The third-order valence-corrected chi connectivity index (χ3v) is 23.1. The van der Waals surface area contributed by atoms with E-state index >= 15 is 0 Å². The zero-order valence-electron chi connectivity index (χ0n) is 65.4. The smallest absolute Gasteiger partial charge is 0.394 e. The molecule has 0 aromatic carbocycles. The minimum absolute atomic E-state index is 0.835. The largest absolute Gasteiger partial charge is 0.469 e. The molecule has 0 unspecified atom stereocenters. The Morgan fingerprint density at radius 1 is 0.248 bits per heavy atom. The standard InChI is InChI=1S/C64H110N2O57P2/c1-13(73)65-25-35(83)48(19(7-71)107-55(25)96)117-56-26(66-14(2)74)36(84)49(20(8-72)112-56)118-61-47(95)51(120-63-54(41(89)30(78)18(6-70)111-63)123-64-53(42(90)32(80)24(116-64)12-106-125(100,101)102)122-59-44(92)38(86)28(76)16(4-68)109-59)34(82)22(114-61)9-103-57-46(94)50(119-60-45(93)39(87)31(79)23(115-60)11-105-124(97,98)99)33(81)21(113-57)10-104-62-52(40(88)29(77)17(5-69)110-62)121-58-43(91)37(85)27(75)15(3-67)108-58/h15-64,67-72,75-96H,3-12H2,1-2H3,(H,65,73)(H,66,74)(H2,97,98,99)(H2,100,101,102)/t15-,16-,17-,18-,19-,20-,21-,22-,23-,24-,25-,26-,27-,28-,29-,30-,31-,32-,33-,34-,35-,36-,37+,38+,39+,40+,41+,42+,43+,44+,45+,46+,47+,48-,49-,50+,51+,52+,53+,54+,55-,56+,57+,58-,59-,60-,61+,62+,63-,64-/m1/s1. The summed E-state index contributed by atoms with van der Waals surface area (Å²) in [7, 11) is -11.0. The third kappa shape index (κ3) is 24.2. The first-order valence-electron chi connectivity index (χ1n) is 38.6. The lowest BCUT2D eigenvalue weighted by Gasteiger charge is -2.51. The van der Waals surface area contributed by atoms with Crippen molar-refractivity contribution in [3.63, 3.8) is 0 Å². The fourth-order valence-electron chi connectivity index (χ4n) is 15.3. The van der Waals surface area contributed by atoms with Crippen molar-refractivity contribution in [3.8, 4) is 0 Å². The second-order valence-corrected chi connectivity index (χ2v) is 33.2. The Balaban J connectivity index is 1.02. The molecule has 728 valence electrons. The molecule has 0 bridgehead atoms. The first kappa shape index (κ1) is 104. The number of phosphoric acid groups is 2. The van der Waals surface area contributed by atoms with Crippen LogP contribution >= 0.6 is 15.6 Å². The van der Waals surface area contributed by atoms with Crippen LogP contribution in [0.3, 0.4) is 0 Å². The van der Waals surface area contributed by atoms with Crippen LogP contribution in [0.25, 0.3) is 0 Å². The van der Waals surface area contributed by atoms with Gasteiger partial charge in [0.25, 0.3) is 0 Å². The topological polar surface area (TPSA) is 934 Å². The molecule has 10 aliphatic rings. The van der Waals surface area contributed by atoms with Crippen molar-refractivity contribution in [1.29, 1.82) is 0 Å². The summed E-state index contributed by atoms with van der Waals surface area (Å²) in [5, 5.41) is 318. The fraction of sp³-hybridized carbons (Fsp3) is 0.969. The van der Waals surface area contributed by atoms with E-state index in [0.717, 1.165) is 13.8 Å². The molecular formula is C64H110N2O57P2. The Bertz CT molecular complexity index is 3450. The molecule has 0 aliphatic carbocycles. The van der Waals surface area contributed by atoms with E-state index in [-0.39, 0.29) is 0 Å². The Morgan fingerprint density at radius 2 is 0.504 bits per heavy atom. The van der Waals surface area contributed by atoms with E-state index in [2.05, 4.69) is 19.7 Å². The van der Waals surface area contributed by atoms with Gasteiger partial charge in [0.1, 0.15) is 244 Å². The fourth-order valence-corrected chi connectivity index (χ4v) is 16.0. The van der Waals surface area contributed by atoms with Gasteiger partial charge in [-0.2, -0.15) is 0 Å². The first-order valence-corrected chi connectivity index (χ1v) is 41.7. The SMILES string of the molecule is CC(=O)N[C@@H]1[C@@H](O)[C@H](O[C@@H]2O[C@H](CO)[C@@H](O[C@@H]3O[C@H](CO[C@H]4O[C@H](CO[C@H]5O[C@H](CO)[C@@H](O)[C@H](O)[C@@H]5O[C@H]5O[C@H](CO)[C@@H](O)[C@H](O)[C@@H]5O)[C@@H](O)[C@H](O[C@H]5O[C@H](COP(=O)(O)O)[C@@H](O)[C@H](O)[C@@H]5O)[C@@H]4O)[C@@H](O)[C@H](O[C@H]4O[C@H](CO)[C@@H](O)[C@H](O)[C@@H]4O[C@H]4O[C@H](COP(=O)(O)O)[C@@H](O)[C@H](O)[C@@H]4O[C@H]4O[C@H](CO)[C@@H](O)[C@H](O)[C@@H]4O)[C@@H]3O)[C@H](O)[C@H]2NC(C)=O)[C@@H](CO)O[C@H]1O. The van der Waals surface area contributed by atoms with E-state index in [1.54, 1.807) is 0 Å². The molecule has 59 nitrogen and oxygen atoms in total. The molecule has 0 radical (unpaired) electrons. The van der Waals surface area contributed by atoms with Gasteiger partial charge in [-0.25, -0.2) is 9.13 Å². The second-order valence-electron chi connectivity index (χ2n) is 30.7. The summed E-state index contributed by atoms with van der Waals surface area (Å²) in [6, 6.07) is -3.74. The minimum atomic E-state index is -5.54. The molecule has 10 fully saturated rings. The van der Waals surface area contributed by atoms with E-state index in [1.807, 2.05) is 0 Å². The number of ether oxygens (including phenoxy) is 19. The number of rotatable bonds is 34. The van der Waals surface area contributed by atoms with Crippen LogP contribution in [-0.2, 0) is 118 Å². The molecule has 10 rings (SSSR count).